The van der Waals surface area contributed by atoms with Crippen molar-refractivity contribution < 1.29 is 13.2 Å². The van der Waals surface area contributed by atoms with Gasteiger partial charge in [0.05, 0.1) is 12.9 Å². The highest BCUT2D eigenvalue weighted by molar-refractivity contribution is 7.88. The monoisotopic (exact) mass is 339 g/mol. The second-order valence-corrected chi connectivity index (χ2v) is 7.20. The number of rotatable bonds is 6. The summed E-state index contributed by atoms with van der Waals surface area (Å²) in [5.74, 6) is 0.506. The molecule has 2 aromatic rings. The third kappa shape index (κ3) is 4.47. The first-order chi connectivity index (χ1) is 10.4. The number of hydrogen-bond acceptors (Lipinski definition) is 3. The fourth-order valence-corrected chi connectivity index (χ4v) is 3.52. The predicted octanol–water partition coefficient (Wildman–Crippen LogP) is 3.28. The molecule has 0 radical (unpaired) electrons. The van der Waals surface area contributed by atoms with Crippen LogP contribution in [0.5, 0.6) is 5.75 Å². The number of ether oxygens (including phenoxy) is 1. The van der Waals surface area contributed by atoms with Crippen LogP contribution in [-0.2, 0) is 22.3 Å². The first kappa shape index (κ1) is 16.8. The van der Waals surface area contributed by atoms with Crippen LogP contribution in [0.15, 0.2) is 42.5 Å². The first-order valence-corrected chi connectivity index (χ1v) is 8.78. The van der Waals surface area contributed by atoms with Gasteiger partial charge in [-0.1, -0.05) is 47.5 Å². The van der Waals surface area contributed by atoms with Gasteiger partial charge in [-0.2, -0.15) is 0 Å². The van der Waals surface area contributed by atoms with Crippen molar-refractivity contribution in [2.75, 3.05) is 7.11 Å². The maximum atomic E-state index is 12.2. The maximum Gasteiger partial charge on any atom is 0.216 e. The SMILES string of the molecule is COc1ccc(C)cc1CNS(=O)(=O)Cc1ccccc1Cl. The van der Waals surface area contributed by atoms with E-state index in [1.807, 2.05) is 25.1 Å². The molecule has 0 aliphatic rings. The van der Waals surface area contributed by atoms with Crippen LogP contribution in [0.1, 0.15) is 16.7 Å². The van der Waals surface area contributed by atoms with Gasteiger partial charge in [-0.25, -0.2) is 13.1 Å². The van der Waals surface area contributed by atoms with Crippen molar-refractivity contribution in [1.29, 1.82) is 0 Å². The molecule has 0 unspecified atom stereocenters. The second kappa shape index (κ2) is 7.13. The molecular weight excluding hydrogens is 322 g/mol. The highest BCUT2D eigenvalue weighted by atomic mass is 35.5. The van der Waals surface area contributed by atoms with E-state index < -0.39 is 10.0 Å². The molecule has 0 aliphatic carbocycles. The van der Waals surface area contributed by atoms with Gasteiger partial charge in [0.1, 0.15) is 5.75 Å². The van der Waals surface area contributed by atoms with E-state index in [4.69, 9.17) is 16.3 Å². The zero-order valence-electron chi connectivity index (χ0n) is 12.5. The Morgan fingerprint density at radius 2 is 1.86 bits per heavy atom. The number of hydrogen-bond donors (Lipinski definition) is 1. The summed E-state index contributed by atoms with van der Waals surface area (Å²) in [6, 6.07) is 12.6. The molecule has 22 heavy (non-hydrogen) atoms. The molecule has 2 aromatic carbocycles. The van der Waals surface area contributed by atoms with Crippen LogP contribution in [0.4, 0.5) is 0 Å². The van der Waals surface area contributed by atoms with Crippen molar-refractivity contribution in [3.05, 3.63) is 64.2 Å². The number of halogens is 1. The number of aryl methyl sites for hydroxylation is 1. The summed E-state index contributed by atoms with van der Waals surface area (Å²) in [7, 11) is -1.92. The van der Waals surface area contributed by atoms with Gasteiger partial charge < -0.3 is 4.74 Å². The molecule has 2 rings (SSSR count). The zero-order chi connectivity index (χ0) is 16.2. The van der Waals surface area contributed by atoms with Crippen molar-refractivity contribution in [3.63, 3.8) is 0 Å². The second-order valence-electron chi connectivity index (χ2n) is 4.99. The summed E-state index contributed by atoms with van der Waals surface area (Å²) < 4.78 is 32.2. The van der Waals surface area contributed by atoms with E-state index in [9.17, 15) is 8.42 Å². The molecule has 0 atom stereocenters. The van der Waals surface area contributed by atoms with Crippen LogP contribution < -0.4 is 9.46 Å². The van der Waals surface area contributed by atoms with Crippen molar-refractivity contribution in [2.24, 2.45) is 0 Å². The van der Waals surface area contributed by atoms with Gasteiger partial charge in [0, 0.05) is 17.1 Å². The van der Waals surface area contributed by atoms with E-state index in [-0.39, 0.29) is 12.3 Å². The third-order valence-electron chi connectivity index (χ3n) is 3.22. The Morgan fingerprint density at radius 1 is 1.14 bits per heavy atom. The van der Waals surface area contributed by atoms with Gasteiger partial charge in [0.25, 0.3) is 0 Å². The normalized spacial score (nSPS) is 11.4. The minimum Gasteiger partial charge on any atom is -0.496 e. The Bertz CT molecular complexity index is 760. The Balaban J connectivity index is 2.10. The Labute approximate surface area is 136 Å². The van der Waals surface area contributed by atoms with E-state index in [1.165, 1.54) is 0 Å². The van der Waals surface area contributed by atoms with Crippen LogP contribution in [0.25, 0.3) is 0 Å². The molecule has 0 saturated carbocycles. The van der Waals surface area contributed by atoms with Crippen LogP contribution in [-0.4, -0.2) is 15.5 Å². The number of methoxy groups -OCH3 is 1. The number of nitrogens with one attached hydrogen (secondary N) is 1. The van der Waals surface area contributed by atoms with Crippen molar-refractivity contribution in [2.45, 2.75) is 19.2 Å². The lowest BCUT2D eigenvalue weighted by Gasteiger charge is -2.11. The standard InChI is InChI=1S/C16H18ClNO3S/c1-12-7-8-16(21-2)14(9-12)10-18-22(19,20)11-13-5-3-4-6-15(13)17/h3-9,18H,10-11H2,1-2H3. The third-order valence-corrected chi connectivity index (χ3v) is 4.87. The quantitative estimate of drug-likeness (QED) is 0.878. The number of sulfonamides is 1. The van der Waals surface area contributed by atoms with Crippen LogP contribution in [0.2, 0.25) is 5.02 Å². The Morgan fingerprint density at radius 3 is 2.55 bits per heavy atom. The van der Waals surface area contributed by atoms with E-state index in [0.29, 0.717) is 16.3 Å². The summed E-state index contributed by atoms with van der Waals surface area (Å²) >= 11 is 6.00. The van der Waals surface area contributed by atoms with Gasteiger partial charge in [-0.05, 0) is 24.6 Å². The summed E-state index contributed by atoms with van der Waals surface area (Å²) in [6.45, 7) is 2.12. The molecule has 118 valence electrons. The molecule has 0 heterocycles. The average molecular weight is 340 g/mol. The van der Waals surface area contributed by atoms with Crippen LogP contribution >= 0.6 is 11.6 Å². The van der Waals surface area contributed by atoms with E-state index in [2.05, 4.69) is 4.72 Å². The molecule has 0 aromatic heterocycles. The van der Waals surface area contributed by atoms with Gasteiger partial charge in [-0.15, -0.1) is 0 Å². The molecular formula is C16H18ClNO3S. The minimum absolute atomic E-state index is 0.152. The van der Waals surface area contributed by atoms with E-state index >= 15 is 0 Å². The summed E-state index contributed by atoms with van der Waals surface area (Å²) in [5.41, 5.74) is 2.42. The van der Waals surface area contributed by atoms with Gasteiger partial charge in [0.15, 0.2) is 0 Å². The molecule has 0 aliphatic heterocycles. The van der Waals surface area contributed by atoms with E-state index in [0.717, 1.165) is 11.1 Å². The fourth-order valence-electron chi connectivity index (χ4n) is 2.10. The van der Waals surface area contributed by atoms with Gasteiger partial charge >= 0.3 is 0 Å². The molecule has 1 N–H and O–H groups in total. The Kier molecular flexibility index (Phi) is 5.45. The van der Waals surface area contributed by atoms with Crippen molar-refractivity contribution in [1.82, 2.24) is 4.72 Å². The van der Waals surface area contributed by atoms with Crippen LogP contribution in [0, 0.1) is 6.92 Å². The molecule has 0 saturated heterocycles. The molecule has 4 nitrogen and oxygen atoms in total. The molecule has 6 heteroatoms. The highest BCUT2D eigenvalue weighted by Gasteiger charge is 2.14. The lowest BCUT2D eigenvalue weighted by atomic mass is 10.1. The van der Waals surface area contributed by atoms with Crippen molar-refractivity contribution in [3.8, 4) is 5.75 Å². The zero-order valence-corrected chi connectivity index (χ0v) is 14.0. The lowest BCUT2D eigenvalue weighted by molar-refractivity contribution is 0.409. The Hall–Kier alpha value is -1.56. The first-order valence-electron chi connectivity index (χ1n) is 6.75. The molecule has 0 bridgehead atoms. The highest BCUT2D eigenvalue weighted by Crippen LogP contribution is 2.21. The summed E-state index contributed by atoms with van der Waals surface area (Å²) in [6.07, 6.45) is 0. The van der Waals surface area contributed by atoms with E-state index in [1.54, 1.807) is 31.4 Å². The molecule has 0 spiro atoms. The largest absolute Gasteiger partial charge is 0.496 e. The predicted molar refractivity (Wildman–Crippen MR) is 88.6 cm³/mol. The summed E-state index contributed by atoms with van der Waals surface area (Å²) in [5, 5.41) is 0.445. The van der Waals surface area contributed by atoms with Gasteiger partial charge in [0.2, 0.25) is 10.0 Å². The minimum atomic E-state index is -3.48. The molecule has 0 amide bonds. The lowest BCUT2D eigenvalue weighted by Crippen LogP contribution is -2.25. The fraction of sp³-hybridized carbons (Fsp3) is 0.250. The average Bonchev–Trinajstić information content (AvgIpc) is 2.48. The summed E-state index contributed by atoms with van der Waals surface area (Å²) in [4.78, 5) is 0. The smallest absolute Gasteiger partial charge is 0.216 e. The van der Waals surface area contributed by atoms with Crippen molar-refractivity contribution >= 4 is 21.6 Å². The molecule has 0 fully saturated rings. The van der Waals surface area contributed by atoms with Gasteiger partial charge in [-0.3, -0.25) is 0 Å². The number of benzene rings is 2. The topological polar surface area (TPSA) is 55.4 Å². The maximum absolute atomic E-state index is 12.2. The van der Waals surface area contributed by atoms with Crippen LogP contribution in [0.3, 0.4) is 0 Å².